The van der Waals surface area contributed by atoms with Gasteiger partial charge in [-0.2, -0.15) is 0 Å². The molecular weight excluding hydrogens is 642 g/mol. The molecule has 230 valence electrons. The Labute approximate surface area is 267 Å². The van der Waals surface area contributed by atoms with Crippen molar-refractivity contribution in [2.45, 2.75) is 37.8 Å². The molecule has 1 N–H and O–H groups in total. The molecule has 8 nitrogen and oxygen atoms in total. The summed E-state index contributed by atoms with van der Waals surface area (Å²) in [5, 5.41) is 2.70. The number of hydrogen-bond acceptors (Lipinski definition) is 5. The molecule has 0 heterocycles. The topological polar surface area (TPSA) is 96.0 Å². The molecular formula is C34H36BrN3O5S. The minimum Gasteiger partial charge on any atom is -0.494 e. The summed E-state index contributed by atoms with van der Waals surface area (Å²) in [6.07, 6.45) is 0.251. The van der Waals surface area contributed by atoms with Crippen LogP contribution in [0.3, 0.4) is 0 Å². The monoisotopic (exact) mass is 677 g/mol. The van der Waals surface area contributed by atoms with E-state index in [0.29, 0.717) is 18.0 Å². The van der Waals surface area contributed by atoms with Crippen molar-refractivity contribution in [3.63, 3.8) is 0 Å². The number of amides is 2. The number of ether oxygens (including phenoxy) is 1. The zero-order valence-corrected chi connectivity index (χ0v) is 27.3. The average molecular weight is 679 g/mol. The lowest BCUT2D eigenvalue weighted by Crippen LogP contribution is -2.53. The highest BCUT2D eigenvalue weighted by Gasteiger charge is 2.34. The van der Waals surface area contributed by atoms with Crippen LogP contribution < -0.4 is 14.4 Å². The van der Waals surface area contributed by atoms with Crippen LogP contribution in [-0.2, 0) is 32.6 Å². The fourth-order valence-corrected chi connectivity index (χ4v) is 6.54. The summed E-state index contributed by atoms with van der Waals surface area (Å²) in [6, 6.07) is 29.0. The Hall–Kier alpha value is -4.15. The number of benzene rings is 4. The second kappa shape index (κ2) is 15.0. The molecule has 4 rings (SSSR count). The van der Waals surface area contributed by atoms with Crippen LogP contribution >= 0.6 is 15.9 Å². The molecule has 0 aliphatic heterocycles. The molecule has 4 aromatic carbocycles. The van der Waals surface area contributed by atoms with E-state index in [1.54, 1.807) is 36.4 Å². The summed E-state index contributed by atoms with van der Waals surface area (Å²) in [5.74, 6) is -0.295. The molecule has 0 fully saturated rings. The molecule has 1 atom stereocenters. The molecule has 1 unspecified atom stereocenters. The normalized spacial score (nSPS) is 11.8. The van der Waals surface area contributed by atoms with Crippen LogP contribution in [0, 0.1) is 6.92 Å². The second-order valence-electron chi connectivity index (χ2n) is 10.2. The van der Waals surface area contributed by atoms with Crippen molar-refractivity contribution in [1.29, 1.82) is 0 Å². The SMILES string of the molecule is CCOc1ccc(N(CC(=O)N(Cc2cccc(C)c2)C(Cc2ccccc2)C(=O)NC)S(=O)(=O)c2ccc(Br)cc2)cc1. The molecule has 0 bridgehead atoms. The molecule has 44 heavy (non-hydrogen) atoms. The number of nitrogens with zero attached hydrogens (tertiary/aromatic N) is 2. The lowest BCUT2D eigenvalue weighted by atomic mass is 10.0. The Kier molecular flexibility index (Phi) is 11.2. The van der Waals surface area contributed by atoms with Gasteiger partial charge in [0.25, 0.3) is 10.0 Å². The molecule has 0 aromatic heterocycles. The van der Waals surface area contributed by atoms with Crippen molar-refractivity contribution >= 4 is 43.5 Å². The van der Waals surface area contributed by atoms with Gasteiger partial charge in [0.05, 0.1) is 17.2 Å². The van der Waals surface area contributed by atoms with E-state index in [2.05, 4.69) is 21.2 Å². The standard InChI is InChI=1S/C34H36BrN3O5S/c1-4-43-30-17-15-29(16-18-30)38(44(41,42)31-19-13-28(35)14-20-31)24-33(39)37(23-27-12-8-9-25(2)21-27)32(34(40)36-3)22-26-10-6-5-7-11-26/h5-21,32H,4,22-24H2,1-3H3,(H,36,40). The average Bonchev–Trinajstić information content (AvgIpc) is 3.02. The van der Waals surface area contributed by atoms with Gasteiger partial charge in [-0.25, -0.2) is 8.42 Å². The maximum Gasteiger partial charge on any atom is 0.264 e. The van der Waals surface area contributed by atoms with E-state index in [-0.39, 0.29) is 23.8 Å². The fourth-order valence-electron chi connectivity index (χ4n) is 4.87. The first kappa shape index (κ1) is 32.8. The first-order valence-corrected chi connectivity index (χ1v) is 16.5. The lowest BCUT2D eigenvalue weighted by molar-refractivity contribution is -0.139. The molecule has 4 aromatic rings. The van der Waals surface area contributed by atoms with Crippen LogP contribution in [0.15, 0.2) is 112 Å². The number of sulfonamides is 1. The van der Waals surface area contributed by atoms with E-state index in [4.69, 9.17) is 4.74 Å². The van der Waals surface area contributed by atoms with Crippen molar-refractivity contribution < 1.29 is 22.7 Å². The predicted molar refractivity (Wildman–Crippen MR) is 176 cm³/mol. The highest BCUT2D eigenvalue weighted by atomic mass is 79.9. The van der Waals surface area contributed by atoms with Gasteiger partial charge in [0.1, 0.15) is 18.3 Å². The van der Waals surface area contributed by atoms with Crippen molar-refractivity contribution in [3.05, 3.63) is 124 Å². The van der Waals surface area contributed by atoms with E-state index in [1.807, 2.05) is 68.4 Å². The number of halogens is 1. The molecule has 0 saturated carbocycles. The highest BCUT2D eigenvalue weighted by Crippen LogP contribution is 2.28. The van der Waals surface area contributed by atoms with Crippen LogP contribution in [0.25, 0.3) is 0 Å². The molecule has 2 amide bonds. The number of anilines is 1. The number of carbonyl (C=O) groups is 2. The smallest absolute Gasteiger partial charge is 0.264 e. The molecule has 10 heteroatoms. The summed E-state index contributed by atoms with van der Waals surface area (Å²) in [6.45, 7) is 3.85. The second-order valence-corrected chi connectivity index (χ2v) is 13.0. The van der Waals surface area contributed by atoms with Crippen molar-refractivity contribution in [1.82, 2.24) is 10.2 Å². The number of rotatable bonds is 13. The zero-order chi connectivity index (χ0) is 31.7. The molecule has 0 radical (unpaired) electrons. The number of likely N-dealkylation sites (N-methyl/N-ethyl adjacent to an activating group) is 1. The van der Waals surface area contributed by atoms with Gasteiger partial charge >= 0.3 is 0 Å². The number of carbonyl (C=O) groups excluding carboxylic acids is 2. The van der Waals surface area contributed by atoms with Crippen molar-refractivity contribution in [2.24, 2.45) is 0 Å². The Morgan fingerprint density at radius 2 is 1.55 bits per heavy atom. The quantitative estimate of drug-likeness (QED) is 0.195. The molecule has 0 saturated heterocycles. The number of aryl methyl sites for hydroxylation is 1. The Morgan fingerprint density at radius 3 is 2.16 bits per heavy atom. The molecule has 0 aliphatic rings. The summed E-state index contributed by atoms with van der Waals surface area (Å²) in [7, 11) is -2.66. The first-order valence-electron chi connectivity index (χ1n) is 14.2. The van der Waals surface area contributed by atoms with Crippen LogP contribution in [0.1, 0.15) is 23.6 Å². The number of nitrogens with one attached hydrogen (secondary N) is 1. The summed E-state index contributed by atoms with van der Waals surface area (Å²) in [5.41, 5.74) is 2.99. The Bertz CT molecular complexity index is 1660. The Balaban J connectivity index is 1.78. The van der Waals surface area contributed by atoms with Gasteiger partial charge < -0.3 is 15.0 Å². The summed E-state index contributed by atoms with van der Waals surface area (Å²) < 4.78 is 35.6. The van der Waals surface area contributed by atoms with E-state index < -0.39 is 28.5 Å². The third kappa shape index (κ3) is 8.27. The van der Waals surface area contributed by atoms with Crippen molar-refractivity contribution in [2.75, 3.05) is 24.5 Å². The van der Waals surface area contributed by atoms with Crippen LogP contribution in [0.2, 0.25) is 0 Å². The third-order valence-electron chi connectivity index (χ3n) is 7.07. The maximum atomic E-state index is 14.4. The van der Waals surface area contributed by atoms with Crippen LogP contribution in [0.5, 0.6) is 5.75 Å². The Morgan fingerprint density at radius 1 is 0.886 bits per heavy atom. The minimum atomic E-state index is -4.19. The van der Waals surface area contributed by atoms with Gasteiger partial charge in [0.15, 0.2) is 0 Å². The zero-order valence-electron chi connectivity index (χ0n) is 24.9. The van der Waals surface area contributed by atoms with Crippen LogP contribution in [0.4, 0.5) is 5.69 Å². The molecule has 0 spiro atoms. The van der Waals surface area contributed by atoms with E-state index in [0.717, 1.165) is 25.5 Å². The van der Waals surface area contributed by atoms with Gasteiger partial charge in [-0.15, -0.1) is 0 Å². The van der Waals surface area contributed by atoms with Gasteiger partial charge in [-0.3, -0.25) is 13.9 Å². The summed E-state index contributed by atoms with van der Waals surface area (Å²) >= 11 is 3.36. The van der Waals surface area contributed by atoms with Crippen molar-refractivity contribution in [3.8, 4) is 5.75 Å². The first-order chi connectivity index (χ1) is 21.1. The van der Waals surface area contributed by atoms with Gasteiger partial charge in [-0.05, 0) is 73.5 Å². The number of hydrogen-bond donors (Lipinski definition) is 1. The lowest BCUT2D eigenvalue weighted by Gasteiger charge is -2.33. The maximum absolute atomic E-state index is 14.4. The van der Waals surface area contributed by atoms with E-state index >= 15 is 0 Å². The van der Waals surface area contributed by atoms with Gasteiger partial charge in [0, 0.05) is 24.5 Å². The third-order valence-corrected chi connectivity index (χ3v) is 9.39. The van der Waals surface area contributed by atoms with Gasteiger partial charge in [-0.1, -0.05) is 76.1 Å². The van der Waals surface area contributed by atoms with E-state index in [1.165, 1.54) is 24.1 Å². The summed E-state index contributed by atoms with van der Waals surface area (Å²) in [4.78, 5) is 29.2. The highest BCUT2D eigenvalue weighted by molar-refractivity contribution is 9.10. The largest absolute Gasteiger partial charge is 0.494 e. The van der Waals surface area contributed by atoms with Crippen LogP contribution in [-0.4, -0.2) is 51.4 Å². The van der Waals surface area contributed by atoms with Gasteiger partial charge in [0.2, 0.25) is 11.8 Å². The predicted octanol–water partition coefficient (Wildman–Crippen LogP) is 5.74. The molecule has 0 aliphatic carbocycles. The minimum absolute atomic E-state index is 0.0276. The van der Waals surface area contributed by atoms with E-state index in [9.17, 15) is 18.0 Å². The fraction of sp³-hybridized carbons (Fsp3) is 0.235.